The number of nitrogens with one attached hydrogen (secondary N) is 2. The van der Waals surface area contributed by atoms with Gasteiger partial charge >= 0.3 is 0 Å². The van der Waals surface area contributed by atoms with Gasteiger partial charge in [0.15, 0.2) is 0 Å². The maximum atomic E-state index is 11.8. The lowest BCUT2D eigenvalue weighted by Gasteiger charge is -2.14. The molecule has 2 rings (SSSR count). The highest BCUT2D eigenvalue weighted by atomic mass is 32.1. The van der Waals surface area contributed by atoms with Crippen LogP contribution in [0.1, 0.15) is 51.2 Å². The van der Waals surface area contributed by atoms with Crippen molar-refractivity contribution in [3.8, 4) is 0 Å². The Morgan fingerprint density at radius 3 is 2.74 bits per heavy atom. The monoisotopic (exact) mass is 281 g/mol. The molecule has 1 amide bonds. The van der Waals surface area contributed by atoms with E-state index < -0.39 is 0 Å². The second kappa shape index (κ2) is 5.59. The van der Waals surface area contributed by atoms with E-state index in [1.54, 1.807) is 11.3 Å². The Hall–Kier alpha value is -0.940. The molecule has 1 aromatic heterocycles. The first-order valence-electron chi connectivity index (χ1n) is 6.85. The predicted octanol–water partition coefficient (Wildman–Crippen LogP) is 2.20. The van der Waals surface area contributed by atoms with E-state index in [-0.39, 0.29) is 17.4 Å². The van der Waals surface area contributed by atoms with Crippen molar-refractivity contribution >= 4 is 17.2 Å². The van der Waals surface area contributed by atoms with Crippen LogP contribution in [0.5, 0.6) is 0 Å². The quantitative estimate of drug-likeness (QED) is 0.870. The van der Waals surface area contributed by atoms with Crippen LogP contribution in [-0.4, -0.2) is 23.0 Å². The summed E-state index contributed by atoms with van der Waals surface area (Å²) in [6.45, 7) is 9.02. The molecule has 1 aliphatic carbocycles. The minimum Gasteiger partial charge on any atom is -0.352 e. The molecule has 1 aliphatic rings. The summed E-state index contributed by atoms with van der Waals surface area (Å²) in [5.74, 6) is 0.0927. The summed E-state index contributed by atoms with van der Waals surface area (Å²) in [5.41, 5.74) is 1.20. The standard InChI is InChI=1S/C14H23N3OS/c1-9(13(18)16-10-5-6-10)15-7-12-17-11(8-19-12)14(2,3)4/h8-10,15H,5-7H2,1-4H3,(H,16,18). The molecule has 2 N–H and O–H groups in total. The van der Waals surface area contributed by atoms with Gasteiger partial charge in [-0.15, -0.1) is 11.3 Å². The summed E-state index contributed by atoms with van der Waals surface area (Å²) < 4.78 is 0. The Kier molecular flexibility index (Phi) is 4.26. The van der Waals surface area contributed by atoms with Gasteiger partial charge in [0.2, 0.25) is 5.91 Å². The van der Waals surface area contributed by atoms with Crippen molar-refractivity contribution in [3.63, 3.8) is 0 Å². The lowest BCUT2D eigenvalue weighted by molar-refractivity contribution is -0.122. The normalized spacial score (nSPS) is 17.3. The summed E-state index contributed by atoms with van der Waals surface area (Å²) in [5, 5.41) is 9.37. The van der Waals surface area contributed by atoms with Gasteiger partial charge in [-0.05, 0) is 19.8 Å². The first-order valence-corrected chi connectivity index (χ1v) is 7.73. The highest BCUT2D eigenvalue weighted by molar-refractivity contribution is 7.09. The fraction of sp³-hybridized carbons (Fsp3) is 0.714. The van der Waals surface area contributed by atoms with Gasteiger partial charge in [-0.2, -0.15) is 0 Å². The first-order chi connectivity index (χ1) is 8.86. The zero-order valence-electron chi connectivity index (χ0n) is 12.1. The number of rotatable bonds is 5. The largest absolute Gasteiger partial charge is 0.352 e. The molecule has 1 saturated carbocycles. The van der Waals surface area contributed by atoms with Crippen molar-refractivity contribution in [2.75, 3.05) is 0 Å². The summed E-state index contributed by atoms with van der Waals surface area (Å²) in [6.07, 6.45) is 2.25. The molecule has 1 aromatic rings. The number of hydrogen-bond acceptors (Lipinski definition) is 4. The summed E-state index contributed by atoms with van der Waals surface area (Å²) in [7, 11) is 0. The Balaban J connectivity index is 1.81. The van der Waals surface area contributed by atoms with Crippen LogP contribution in [0.2, 0.25) is 0 Å². The van der Waals surface area contributed by atoms with E-state index in [0.29, 0.717) is 12.6 Å². The van der Waals surface area contributed by atoms with Crippen molar-refractivity contribution < 1.29 is 4.79 Å². The van der Waals surface area contributed by atoms with Crippen LogP contribution in [-0.2, 0) is 16.8 Å². The van der Waals surface area contributed by atoms with Gasteiger partial charge in [0, 0.05) is 23.4 Å². The number of carbonyl (C=O) groups is 1. The Bertz CT molecular complexity index is 446. The number of nitrogens with zero attached hydrogens (tertiary/aromatic N) is 1. The molecule has 0 spiro atoms. The molecule has 1 unspecified atom stereocenters. The van der Waals surface area contributed by atoms with Crippen LogP contribution in [0.15, 0.2) is 5.38 Å². The van der Waals surface area contributed by atoms with Crippen molar-refractivity contribution in [2.24, 2.45) is 0 Å². The third-order valence-corrected chi connectivity index (χ3v) is 4.05. The van der Waals surface area contributed by atoms with Crippen LogP contribution >= 0.6 is 11.3 Å². The summed E-state index contributed by atoms with van der Waals surface area (Å²) in [6, 6.07) is 0.256. The number of amides is 1. The van der Waals surface area contributed by atoms with Crippen LogP contribution in [0.3, 0.4) is 0 Å². The lowest BCUT2D eigenvalue weighted by Crippen LogP contribution is -2.42. The molecular weight excluding hydrogens is 258 g/mol. The molecule has 0 aliphatic heterocycles. The lowest BCUT2D eigenvalue weighted by atomic mass is 9.93. The predicted molar refractivity (Wildman–Crippen MR) is 78.3 cm³/mol. The van der Waals surface area contributed by atoms with Gasteiger partial charge in [0.1, 0.15) is 5.01 Å². The molecule has 0 radical (unpaired) electrons. The SMILES string of the molecule is CC(NCc1nc(C(C)(C)C)cs1)C(=O)NC1CC1. The van der Waals surface area contributed by atoms with Gasteiger partial charge in [-0.25, -0.2) is 4.98 Å². The summed E-state index contributed by atoms with van der Waals surface area (Å²) in [4.78, 5) is 16.4. The van der Waals surface area contributed by atoms with E-state index in [0.717, 1.165) is 23.5 Å². The minimum atomic E-state index is -0.164. The van der Waals surface area contributed by atoms with E-state index >= 15 is 0 Å². The van der Waals surface area contributed by atoms with Gasteiger partial charge in [0.25, 0.3) is 0 Å². The fourth-order valence-electron chi connectivity index (χ4n) is 1.62. The van der Waals surface area contributed by atoms with Crippen molar-refractivity contribution in [1.82, 2.24) is 15.6 Å². The summed E-state index contributed by atoms with van der Waals surface area (Å²) >= 11 is 1.65. The van der Waals surface area contributed by atoms with Gasteiger partial charge in [-0.1, -0.05) is 20.8 Å². The smallest absolute Gasteiger partial charge is 0.237 e. The van der Waals surface area contributed by atoms with Crippen LogP contribution in [0.4, 0.5) is 0 Å². The molecule has 4 nitrogen and oxygen atoms in total. The highest BCUT2D eigenvalue weighted by Crippen LogP contribution is 2.23. The maximum absolute atomic E-state index is 11.8. The topological polar surface area (TPSA) is 54.0 Å². The van der Waals surface area contributed by atoms with E-state index in [1.807, 2.05) is 6.92 Å². The third-order valence-electron chi connectivity index (χ3n) is 3.20. The molecule has 19 heavy (non-hydrogen) atoms. The van der Waals surface area contributed by atoms with E-state index in [2.05, 4.69) is 41.8 Å². The van der Waals surface area contributed by atoms with Crippen molar-refractivity contribution in [1.29, 1.82) is 0 Å². The minimum absolute atomic E-state index is 0.0870. The molecule has 1 fully saturated rings. The zero-order chi connectivity index (χ0) is 14.0. The molecule has 1 heterocycles. The second-order valence-electron chi connectivity index (χ2n) is 6.26. The molecule has 5 heteroatoms. The van der Waals surface area contributed by atoms with Gasteiger partial charge in [0.05, 0.1) is 11.7 Å². The molecule has 0 aromatic carbocycles. The fourth-order valence-corrected chi connectivity index (χ4v) is 2.60. The molecule has 0 bridgehead atoms. The number of hydrogen-bond donors (Lipinski definition) is 2. The van der Waals surface area contributed by atoms with Crippen LogP contribution < -0.4 is 10.6 Å². The van der Waals surface area contributed by atoms with Crippen LogP contribution in [0, 0.1) is 0 Å². The van der Waals surface area contributed by atoms with E-state index in [1.165, 1.54) is 0 Å². The Morgan fingerprint density at radius 2 is 2.21 bits per heavy atom. The highest BCUT2D eigenvalue weighted by Gasteiger charge is 2.25. The average molecular weight is 281 g/mol. The molecular formula is C14H23N3OS. The number of carbonyl (C=O) groups excluding carboxylic acids is 1. The first kappa shape index (κ1) is 14.5. The van der Waals surface area contributed by atoms with Crippen LogP contribution in [0.25, 0.3) is 0 Å². The Labute approximate surface area is 119 Å². The third kappa shape index (κ3) is 4.28. The van der Waals surface area contributed by atoms with Crippen molar-refractivity contribution in [3.05, 3.63) is 16.1 Å². The molecule has 106 valence electrons. The van der Waals surface area contributed by atoms with E-state index in [4.69, 9.17) is 0 Å². The molecule has 1 atom stereocenters. The zero-order valence-corrected chi connectivity index (χ0v) is 12.9. The number of thiazole rings is 1. The van der Waals surface area contributed by atoms with Gasteiger partial charge < -0.3 is 5.32 Å². The molecule has 0 saturated heterocycles. The number of aromatic nitrogens is 1. The second-order valence-corrected chi connectivity index (χ2v) is 7.20. The average Bonchev–Trinajstić information content (AvgIpc) is 2.99. The Morgan fingerprint density at radius 1 is 1.53 bits per heavy atom. The van der Waals surface area contributed by atoms with Crippen molar-refractivity contribution in [2.45, 2.75) is 64.6 Å². The maximum Gasteiger partial charge on any atom is 0.237 e. The van der Waals surface area contributed by atoms with Gasteiger partial charge in [-0.3, -0.25) is 10.1 Å². The van der Waals surface area contributed by atoms with E-state index in [9.17, 15) is 4.79 Å².